The fourth-order valence-corrected chi connectivity index (χ4v) is 3.18. The minimum atomic E-state index is 0.00486. The first-order valence-electron chi connectivity index (χ1n) is 5.52. The number of H-pyrrole nitrogens is 1. The Morgan fingerprint density at radius 1 is 1.39 bits per heavy atom. The smallest absolute Gasteiger partial charge is 0.195 e. The van der Waals surface area contributed by atoms with Crippen LogP contribution in [-0.2, 0) is 0 Å². The monoisotopic (exact) mass is 275 g/mol. The molecule has 3 aromatic rings. The topological polar surface area (TPSA) is 32.9 Å². The summed E-state index contributed by atoms with van der Waals surface area (Å²) in [6, 6.07) is 7.04. The van der Waals surface area contributed by atoms with Crippen molar-refractivity contribution in [2.45, 2.75) is 6.92 Å². The second kappa shape index (κ2) is 4.26. The molecule has 0 saturated heterocycles. The minimum absolute atomic E-state index is 0.00486. The van der Waals surface area contributed by atoms with Gasteiger partial charge in [0.25, 0.3) is 0 Å². The highest BCUT2D eigenvalue weighted by atomic mass is 35.5. The predicted molar refractivity (Wildman–Crippen MR) is 75.8 cm³/mol. The number of aromatic amines is 1. The summed E-state index contributed by atoms with van der Waals surface area (Å²) in [4.78, 5) is 16.6. The molecule has 2 aromatic heterocycles. The maximum absolute atomic E-state index is 12.4. The number of halogens is 1. The molecule has 0 atom stereocenters. The van der Waals surface area contributed by atoms with E-state index in [0.717, 1.165) is 15.8 Å². The van der Waals surface area contributed by atoms with Gasteiger partial charge in [-0.1, -0.05) is 23.7 Å². The Labute approximate surface area is 113 Å². The van der Waals surface area contributed by atoms with Gasteiger partial charge in [0.1, 0.15) is 4.83 Å². The highest BCUT2D eigenvalue weighted by molar-refractivity contribution is 7.17. The molecule has 18 heavy (non-hydrogen) atoms. The van der Waals surface area contributed by atoms with Crippen molar-refractivity contribution in [2.75, 3.05) is 0 Å². The summed E-state index contributed by atoms with van der Waals surface area (Å²) in [6.07, 6.45) is 1.78. The molecule has 0 bridgehead atoms. The summed E-state index contributed by atoms with van der Waals surface area (Å²) >= 11 is 7.54. The average Bonchev–Trinajstić information content (AvgIpc) is 2.92. The number of hydrogen-bond donors (Lipinski definition) is 1. The van der Waals surface area contributed by atoms with Crippen molar-refractivity contribution in [3.63, 3.8) is 0 Å². The molecule has 2 nitrogen and oxygen atoms in total. The largest absolute Gasteiger partial charge is 0.352 e. The number of hydrogen-bond acceptors (Lipinski definition) is 2. The highest BCUT2D eigenvalue weighted by Gasteiger charge is 2.16. The van der Waals surface area contributed by atoms with E-state index >= 15 is 0 Å². The van der Waals surface area contributed by atoms with Crippen LogP contribution in [0.25, 0.3) is 10.2 Å². The molecule has 0 aliphatic carbocycles. The third kappa shape index (κ3) is 1.76. The van der Waals surface area contributed by atoms with Gasteiger partial charge in [-0.25, -0.2) is 0 Å². The highest BCUT2D eigenvalue weighted by Crippen LogP contribution is 2.29. The van der Waals surface area contributed by atoms with Crippen LogP contribution in [0.15, 0.2) is 35.8 Å². The first kappa shape index (κ1) is 11.5. The third-order valence-corrected chi connectivity index (χ3v) is 4.19. The molecule has 2 heterocycles. The maximum Gasteiger partial charge on any atom is 0.195 e. The lowest BCUT2D eigenvalue weighted by molar-refractivity contribution is 0.104. The van der Waals surface area contributed by atoms with E-state index < -0.39 is 0 Å². The van der Waals surface area contributed by atoms with E-state index in [9.17, 15) is 4.79 Å². The van der Waals surface area contributed by atoms with Crippen LogP contribution in [0.4, 0.5) is 0 Å². The molecular formula is C14H10ClNOS. The van der Waals surface area contributed by atoms with Gasteiger partial charge in [-0.3, -0.25) is 4.79 Å². The number of carbonyl (C=O) groups excluding carboxylic acids is 1. The van der Waals surface area contributed by atoms with Crippen molar-refractivity contribution in [3.05, 3.63) is 57.6 Å². The molecule has 0 amide bonds. The molecule has 0 spiro atoms. The first-order valence-corrected chi connectivity index (χ1v) is 6.78. The number of fused-ring (bicyclic) bond motifs is 1. The molecule has 0 radical (unpaired) electrons. The molecule has 1 N–H and O–H groups in total. The second-order valence-electron chi connectivity index (χ2n) is 4.16. The number of benzene rings is 1. The Bertz CT molecular complexity index is 741. The van der Waals surface area contributed by atoms with Gasteiger partial charge in [0.15, 0.2) is 5.78 Å². The minimum Gasteiger partial charge on any atom is -0.352 e. The summed E-state index contributed by atoms with van der Waals surface area (Å²) in [5.74, 6) is 0.00486. The van der Waals surface area contributed by atoms with E-state index in [1.807, 2.05) is 6.92 Å². The van der Waals surface area contributed by atoms with E-state index in [-0.39, 0.29) is 5.78 Å². The van der Waals surface area contributed by atoms with Crippen molar-refractivity contribution in [1.29, 1.82) is 0 Å². The van der Waals surface area contributed by atoms with E-state index in [2.05, 4.69) is 10.4 Å². The summed E-state index contributed by atoms with van der Waals surface area (Å²) in [5.41, 5.74) is 2.46. The van der Waals surface area contributed by atoms with Crippen LogP contribution in [-0.4, -0.2) is 10.8 Å². The SMILES string of the molecule is Cc1csc2[nH]cc(C(=O)c3cccc(Cl)c3)c12. The van der Waals surface area contributed by atoms with Gasteiger partial charge in [-0.15, -0.1) is 11.3 Å². The van der Waals surface area contributed by atoms with Crippen molar-refractivity contribution in [2.24, 2.45) is 0 Å². The molecule has 0 aliphatic heterocycles. The lowest BCUT2D eigenvalue weighted by Gasteiger charge is -2.00. The van der Waals surface area contributed by atoms with Gasteiger partial charge in [-0.2, -0.15) is 0 Å². The van der Waals surface area contributed by atoms with Crippen molar-refractivity contribution in [1.82, 2.24) is 4.98 Å². The molecule has 1 aromatic carbocycles. The van der Waals surface area contributed by atoms with Gasteiger partial charge >= 0.3 is 0 Å². The Kier molecular flexibility index (Phi) is 2.73. The van der Waals surface area contributed by atoms with Crippen molar-refractivity contribution < 1.29 is 4.79 Å². The molecule has 0 aliphatic rings. The van der Waals surface area contributed by atoms with Gasteiger partial charge in [0.2, 0.25) is 0 Å². The van der Waals surface area contributed by atoms with Gasteiger partial charge < -0.3 is 4.98 Å². The van der Waals surface area contributed by atoms with Crippen molar-refractivity contribution in [3.8, 4) is 0 Å². The number of ketones is 1. The zero-order valence-electron chi connectivity index (χ0n) is 9.66. The fraction of sp³-hybridized carbons (Fsp3) is 0.0714. The first-order chi connectivity index (χ1) is 8.66. The van der Waals surface area contributed by atoms with E-state index in [1.165, 1.54) is 0 Å². The Morgan fingerprint density at radius 3 is 3.00 bits per heavy atom. The van der Waals surface area contributed by atoms with Crippen LogP contribution >= 0.6 is 22.9 Å². The zero-order chi connectivity index (χ0) is 12.7. The molecule has 0 unspecified atom stereocenters. The lowest BCUT2D eigenvalue weighted by Crippen LogP contribution is -2.00. The third-order valence-electron chi connectivity index (χ3n) is 2.92. The summed E-state index contributed by atoms with van der Waals surface area (Å²) < 4.78 is 0. The van der Waals surface area contributed by atoms with Crippen molar-refractivity contribution >= 4 is 38.9 Å². The zero-order valence-corrected chi connectivity index (χ0v) is 11.2. The summed E-state index contributed by atoms with van der Waals surface area (Å²) in [6.45, 7) is 2.02. The van der Waals surface area contributed by atoms with Crippen LogP contribution in [0, 0.1) is 6.92 Å². The van der Waals surface area contributed by atoms with Crippen LogP contribution < -0.4 is 0 Å². The molecule has 3 rings (SSSR count). The maximum atomic E-state index is 12.4. The average molecular weight is 276 g/mol. The Balaban J connectivity index is 2.15. The van der Waals surface area contributed by atoms with Crippen LogP contribution in [0.1, 0.15) is 21.5 Å². The second-order valence-corrected chi connectivity index (χ2v) is 5.48. The van der Waals surface area contributed by atoms with Gasteiger partial charge in [0.05, 0.1) is 0 Å². The van der Waals surface area contributed by atoms with Gasteiger partial charge in [0, 0.05) is 27.7 Å². The van der Waals surface area contributed by atoms with Crippen LogP contribution in [0.3, 0.4) is 0 Å². The molecule has 0 fully saturated rings. The Hall–Kier alpha value is -1.58. The number of thiophene rings is 1. The quantitative estimate of drug-likeness (QED) is 0.690. The van der Waals surface area contributed by atoms with Gasteiger partial charge in [-0.05, 0) is 30.0 Å². The predicted octanol–water partition coefficient (Wildman–Crippen LogP) is 4.42. The lowest BCUT2D eigenvalue weighted by atomic mass is 10.0. The Morgan fingerprint density at radius 2 is 2.22 bits per heavy atom. The molecule has 0 saturated carbocycles. The van der Waals surface area contributed by atoms with E-state index in [1.54, 1.807) is 41.8 Å². The number of rotatable bonds is 2. The van der Waals surface area contributed by atoms with E-state index in [0.29, 0.717) is 16.1 Å². The number of nitrogens with one attached hydrogen (secondary N) is 1. The molecule has 4 heteroatoms. The fourth-order valence-electron chi connectivity index (χ4n) is 2.06. The number of carbonyl (C=O) groups is 1. The normalized spacial score (nSPS) is 11.0. The number of aryl methyl sites for hydroxylation is 1. The van der Waals surface area contributed by atoms with Crippen LogP contribution in [0.2, 0.25) is 5.02 Å². The summed E-state index contributed by atoms with van der Waals surface area (Å²) in [5, 5.41) is 3.65. The number of aromatic nitrogens is 1. The molecular weight excluding hydrogens is 266 g/mol. The molecule has 90 valence electrons. The van der Waals surface area contributed by atoms with Crippen LogP contribution in [0.5, 0.6) is 0 Å². The summed E-state index contributed by atoms with van der Waals surface area (Å²) in [7, 11) is 0. The standard InChI is InChI=1S/C14H10ClNOS/c1-8-7-18-14-12(8)11(6-16-14)13(17)9-3-2-4-10(15)5-9/h2-7,16H,1H3. The van der Waals surface area contributed by atoms with E-state index in [4.69, 9.17) is 11.6 Å².